The maximum Gasteiger partial charge on any atom is 0.309 e. The molecule has 0 spiro atoms. The molecule has 8 nitrogen and oxygen atoms in total. The van der Waals surface area contributed by atoms with Crippen LogP contribution in [0.1, 0.15) is 20.3 Å². The van der Waals surface area contributed by atoms with E-state index < -0.39 is 32.8 Å². The van der Waals surface area contributed by atoms with E-state index in [9.17, 15) is 23.3 Å². The first-order valence-corrected chi connectivity index (χ1v) is 9.13. The summed E-state index contributed by atoms with van der Waals surface area (Å²) in [6.07, 6.45) is -0.00759. The largest absolute Gasteiger partial charge is 0.460 e. The van der Waals surface area contributed by atoms with Crippen LogP contribution >= 0.6 is 0 Å². The first-order valence-electron chi connectivity index (χ1n) is 7.69. The second-order valence-electron chi connectivity index (χ2n) is 6.43. The summed E-state index contributed by atoms with van der Waals surface area (Å²) in [6.45, 7) is 4.04. The Morgan fingerprint density at radius 1 is 1.33 bits per heavy atom. The molecule has 1 aromatic carbocycles. The van der Waals surface area contributed by atoms with Gasteiger partial charge in [0.15, 0.2) is 4.90 Å². The Labute approximate surface area is 139 Å². The number of hydrogen-bond acceptors (Lipinski definition) is 6. The van der Waals surface area contributed by atoms with Crippen LogP contribution in [0, 0.1) is 22.0 Å². The minimum Gasteiger partial charge on any atom is -0.460 e. The Bertz CT molecular complexity index is 791. The number of cyclic esters (lactones) is 1. The predicted octanol–water partition coefficient (Wildman–Crippen LogP) is 1.56. The molecule has 0 radical (unpaired) electrons. The van der Waals surface area contributed by atoms with Crippen LogP contribution in [-0.4, -0.2) is 42.3 Å². The summed E-state index contributed by atoms with van der Waals surface area (Å²) in [5, 5.41) is 11.1. The second-order valence-corrected chi connectivity index (χ2v) is 8.29. The summed E-state index contributed by atoms with van der Waals surface area (Å²) >= 11 is 0. The number of para-hydroxylation sites is 1. The highest BCUT2D eigenvalue weighted by Gasteiger charge is 2.55. The zero-order valence-electron chi connectivity index (χ0n) is 13.3. The van der Waals surface area contributed by atoms with Crippen LogP contribution in [0.15, 0.2) is 29.2 Å². The number of rotatable bonds is 5. The van der Waals surface area contributed by atoms with Gasteiger partial charge < -0.3 is 4.74 Å². The number of nitro groups is 1. The average Bonchev–Trinajstić information content (AvgIpc) is 3.24. The summed E-state index contributed by atoms with van der Waals surface area (Å²) < 4.78 is 31.8. The Morgan fingerprint density at radius 2 is 2.00 bits per heavy atom. The first-order chi connectivity index (χ1) is 11.2. The molecule has 3 rings (SSSR count). The zero-order valence-corrected chi connectivity index (χ0v) is 14.1. The van der Waals surface area contributed by atoms with E-state index in [0.717, 1.165) is 10.4 Å². The van der Waals surface area contributed by atoms with Crippen LogP contribution < -0.4 is 0 Å². The lowest BCUT2D eigenvalue weighted by Gasteiger charge is -2.11. The lowest BCUT2D eigenvalue weighted by atomic mass is 9.92. The lowest BCUT2D eigenvalue weighted by molar-refractivity contribution is -0.387. The molecule has 0 amide bonds. The quantitative estimate of drug-likeness (QED) is 0.344. The van der Waals surface area contributed by atoms with E-state index in [1.807, 2.05) is 13.8 Å². The molecule has 0 aliphatic carbocycles. The molecule has 1 unspecified atom stereocenters. The Morgan fingerprint density at radius 3 is 2.58 bits per heavy atom. The molecule has 4 atom stereocenters. The van der Waals surface area contributed by atoms with Gasteiger partial charge in [-0.05, 0) is 18.4 Å². The summed E-state index contributed by atoms with van der Waals surface area (Å²) in [4.78, 5) is 21.9. The van der Waals surface area contributed by atoms with Gasteiger partial charge in [-0.1, -0.05) is 26.0 Å². The molecule has 0 saturated carbocycles. The van der Waals surface area contributed by atoms with Crippen LogP contribution in [-0.2, 0) is 19.6 Å². The number of benzene rings is 1. The highest BCUT2D eigenvalue weighted by atomic mass is 32.2. The van der Waals surface area contributed by atoms with Gasteiger partial charge in [-0.3, -0.25) is 14.9 Å². The maximum atomic E-state index is 12.7. The second kappa shape index (κ2) is 5.82. The number of nitrogens with zero attached hydrogens (tertiary/aromatic N) is 2. The first kappa shape index (κ1) is 16.8. The van der Waals surface area contributed by atoms with Gasteiger partial charge in [0.05, 0.1) is 16.9 Å². The van der Waals surface area contributed by atoms with Crippen molar-refractivity contribution < 1.29 is 22.9 Å². The fraction of sp³-hybridized carbons (Fsp3) is 0.533. The third-order valence-electron chi connectivity index (χ3n) is 4.54. The van der Waals surface area contributed by atoms with Crippen LogP contribution in [0.25, 0.3) is 0 Å². The average molecular weight is 354 g/mol. The number of ether oxygens (including phenoxy) is 1. The third-order valence-corrected chi connectivity index (χ3v) is 6.48. The number of nitro benzene ring substituents is 1. The van der Waals surface area contributed by atoms with Crippen molar-refractivity contribution in [2.75, 3.05) is 6.54 Å². The van der Waals surface area contributed by atoms with Crippen LogP contribution in [0.2, 0.25) is 0 Å². The Hall–Kier alpha value is -2.00. The van der Waals surface area contributed by atoms with Crippen LogP contribution in [0.3, 0.4) is 0 Å². The molecule has 24 heavy (non-hydrogen) atoms. The van der Waals surface area contributed by atoms with E-state index >= 15 is 0 Å². The van der Waals surface area contributed by atoms with Crippen molar-refractivity contribution in [3.63, 3.8) is 0 Å². The molecule has 2 saturated heterocycles. The normalized spacial score (nSPS) is 29.5. The standard InChI is InChI=1S/C15H18N2O6S/c1-9(2)10-7-13(23-15(10)18)12-8-16(12)24(21,22)14-6-4-3-5-11(14)17(19)20/h3-6,9-10,12-13H,7-8H2,1-2H3/t10-,12-,13-,16?/m0/s1. The summed E-state index contributed by atoms with van der Waals surface area (Å²) in [5.74, 6) is -0.405. The molecule has 0 N–H and O–H groups in total. The van der Waals surface area contributed by atoms with Gasteiger partial charge in [-0.2, -0.15) is 4.31 Å². The molecule has 1 aromatic rings. The molecule has 0 aromatic heterocycles. The van der Waals surface area contributed by atoms with Crippen molar-refractivity contribution in [3.8, 4) is 0 Å². The predicted molar refractivity (Wildman–Crippen MR) is 83.6 cm³/mol. The Kier molecular flexibility index (Phi) is 4.08. The van der Waals surface area contributed by atoms with Gasteiger partial charge in [-0.15, -0.1) is 0 Å². The van der Waals surface area contributed by atoms with Gasteiger partial charge in [0.2, 0.25) is 10.0 Å². The lowest BCUT2D eigenvalue weighted by Crippen LogP contribution is -2.23. The minimum atomic E-state index is -3.98. The van der Waals surface area contributed by atoms with Gasteiger partial charge in [-0.25, -0.2) is 8.42 Å². The molecule has 9 heteroatoms. The van der Waals surface area contributed by atoms with Crippen LogP contribution in [0.4, 0.5) is 5.69 Å². The summed E-state index contributed by atoms with van der Waals surface area (Å²) in [5.41, 5.74) is -0.452. The highest BCUT2D eigenvalue weighted by molar-refractivity contribution is 7.89. The number of carbonyl (C=O) groups excluding carboxylic acids is 1. The maximum absolute atomic E-state index is 12.7. The summed E-state index contributed by atoms with van der Waals surface area (Å²) in [6, 6.07) is 4.81. The zero-order chi connectivity index (χ0) is 17.6. The molecule has 2 heterocycles. The van der Waals surface area contributed by atoms with Gasteiger partial charge in [0.25, 0.3) is 5.69 Å². The molecule has 0 bridgehead atoms. The summed E-state index contributed by atoms with van der Waals surface area (Å²) in [7, 11) is -3.98. The minimum absolute atomic E-state index is 0.126. The van der Waals surface area contributed by atoms with Gasteiger partial charge in [0.1, 0.15) is 6.10 Å². The van der Waals surface area contributed by atoms with Crippen molar-refractivity contribution in [1.82, 2.24) is 4.31 Å². The van der Waals surface area contributed by atoms with E-state index in [0.29, 0.717) is 6.42 Å². The van der Waals surface area contributed by atoms with Gasteiger partial charge in [0, 0.05) is 12.6 Å². The van der Waals surface area contributed by atoms with E-state index in [2.05, 4.69) is 0 Å². The Balaban J connectivity index is 1.80. The molecule has 2 fully saturated rings. The van der Waals surface area contributed by atoms with Gasteiger partial charge >= 0.3 is 5.97 Å². The molecule has 130 valence electrons. The van der Waals surface area contributed by atoms with Crippen molar-refractivity contribution in [2.45, 2.75) is 37.3 Å². The number of hydrogen-bond donors (Lipinski definition) is 0. The SMILES string of the molecule is CC(C)[C@@H]1C[C@@H]([C@@H]2CN2S(=O)(=O)c2ccccc2[N+](=O)[O-])OC1=O. The fourth-order valence-corrected chi connectivity index (χ4v) is 4.83. The van der Waals surface area contributed by atoms with Crippen molar-refractivity contribution >= 4 is 21.7 Å². The van der Waals surface area contributed by atoms with Crippen molar-refractivity contribution in [2.24, 2.45) is 11.8 Å². The smallest absolute Gasteiger partial charge is 0.309 e. The van der Waals surface area contributed by atoms with Crippen molar-refractivity contribution in [3.05, 3.63) is 34.4 Å². The molecule has 2 aliphatic heterocycles. The fourth-order valence-electron chi connectivity index (χ4n) is 3.08. The van der Waals surface area contributed by atoms with E-state index in [-0.39, 0.29) is 29.2 Å². The van der Waals surface area contributed by atoms with Crippen molar-refractivity contribution in [1.29, 1.82) is 0 Å². The number of sulfonamides is 1. The number of esters is 1. The molecular formula is C15H18N2O6S. The molecule has 2 aliphatic rings. The van der Waals surface area contributed by atoms with E-state index in [1.165, 1.54) is 18.2 Å². The highest BCUT2D eigenvalue weighted by Crippen LogP contribution is 2.40. The topological polar surface area (TPSA) is 107 Å². The van der Waals surface area contributed by atoms with E-state index in [1.54, 1.807) is 0 Å². The third kappa shape index (κ3) is 2.78. The van der Waals surface area contributed by atoms with Crippen LogP contribution in [0.5, 0.6) is 0 Å². The number of carbonyl (C=O) groups is 1. The van der Waals surface area contributed by atoms with E-state index in [4.69, 9.17) is 4.74 Å². The monoisotopic (exact) mass is 354 g/mol. The molecular weight excluding hydrogens is 336 g/mol.